The highest BCUT2D eigenvalue weighted by Crippen LogP contribution is 2.21. The van der Waals surface area contributed by atoms with Gasteiger partial charge in [-0.2, -0.15) is 0 Å². The standard InChI is InChI=1S/C28H40N8O4/c1-2-40-26(38)23-20-29-27(30-21-23)35-10-8-33(9-11-35)16-18-39-17-7-25(37)34-12-14-36(15-13-34)28-31-19-22-5-3-4-6-24(22)32-28/h19-21H,2-18H2,1H3. The number of carbonyl (C=O) groups is 2. The average molecular weight is 553 g/mol. The Morgan fingerprint density at radius 2 is 1.50 bits per heavy atom. The van der Waals surface area contributed by atoms with Crippen molar-refractivity contribution < 1.29 is 19.1 Å². The molecule has 2 aromatic rings. The Hall–Kier alpha value is -3.38. The molecule has 0 aromatic carbocycles. The maximum Gasteiger partial charge on any atom is 0.341 e. The van der Waals surface area contributed by atoms with Gasteiger partial charge in [0.15, 0.2) is 0 Å². The van der Waals surface area contributed by atoms with Crippen molar-refractivity contribution in [3.63, 3.8) is 0 Å². The monoisotopic (exact) mass is 552 g/mol. The molecule has 3 aliphatic rings. The Balaban J connectivity index is 0.941. The first-order valence-electron chi connectivity index (χ1n) is 14.5. The number of esters is 1. The molecule has 5 rings (SSSR count). The minimum absolute atomic E-state index is 0.147. The molecule has 0 spiro atoms. The summed E-state index contributed by atoms with van der Waals surface area (Å²) in [5.41, 5.74) is 2.85. The number of anilines is 2. The number of piperazine rings is 2. The molecule has 2 aromatic heterocycles. The predicted octanol–water partition coefficient (Wildman–Crippen LogP) is 1.20. The molecule has 0 atom stereocenters. The third-order valence-electron chi connectivity index (χ3n) is 7.78. The van der Waals surface area contributed by atoms with Crippen molar-refractivity contribution in [2.75, 3.05) is 88.5 Å². The van der Waals surface area contributed by atoms with Crippen molar-refractivity contribution in [3.05, 3.63) is 35.4 Å². The molecule has 2 fully saturated rings. The molecule has 12 heteroatoms. The molecular formula is C28H40N8O4. The first kappa shape index (κ1) is 28.2. The quantitative estimate of drug-likeness (QED) is 0.313. The van der Waals surface area contributed by atoms with Gasteiger partial charge in [0.2, 0.25) is 17.8 Å². The summed E-state index contributed by atoms with van der Waals surface area (Å²) >= 11 is 0. The first-order valence-corrected chi connectivity index (χ1v) is 14.5. The van der Waals surface area contributed by atoms with E-state index in [2.05, 4.69) is 29.7 Å². The molecule has 2 aliphatic heterocycles. The normalized spacial score (nSPS) is 18.0. The third-order valence-corrected chi connectivity index (χ3v) is 7.78. The zero-order valence-electron chi connectivity index (χ0n) is 23.5. The lowest BCUT2D eigenvalue weighted by molar-refractivity contribution is -0.132. The van der Waals surface area contributed by atoms with E-state index in [1.54, 1.807) is 6.92 Å². The van der Waals surface area contributed by atoms with Crippen molar-refractivity contribution >= 4 is 23.8 Å². The van der Waals surface area contributed by atoms with E-state index in [9.17, 15) is 9.59 Å². The van der Waals surface area contributed by atoms with E-state index < -0.39 is 5.97 Å². The van der Waals surface area contributed by atoms with E-state index in [0.717, 1.165) is 64.6 Å². The fourth-order valence-corrected chi connectivity index (χ4v) is 5.36. The van der Waals surface area contributed by atoms with Crippen LogP contribution in [0.1, 0.15) is 47.8 Å². The fraction of sp³-hybridized carbons (Fsp3) is 0.643. The number of hydrogen-bond donors (Lipinski definition) is 0. The van der Waals surface area contributed by atoms with E-state index in [1.807, 2.05) is 11.1 Å². The lowest BCUT2D eigenvalue weighted by Crippen LogP contribution is -2.49. The Morgan fingerprint density at radius 1 is 0.825 bits per heavy atom. The van der Waals surface area contributed by atoms with Gasteiger partial charge in [-0.15, -0.1) is 0 Å². The van der Waals surface area contributed by atoms with Crippen molar-refractivity contribution in [2.24, 2.45) is 0 Å². The summed E-state index contributed by atoms with van der Waals surface area (Å²) in [4.78, 5) is 51.1. The van der Waals surface area contributed by atoms with Crippen LogP contribution in [0.4, 0.5) is 11.9 Å². The first-order chi connectivity index (χ1) is 19.6. The van der Waals surface area contributed by atoms with Gasteiger partial charge < -0.3 is 24.2 Å². The van der Waals surface area contributed by atoms with E-state index in [4.69, 9.17) is 14.5 Å². The van der Waals surface area contributed by atoms with Crippen LogP contribution < -0.4 is 9.80 Å². The van der Waals surface area contributed by atoms with Crippen LogP contribution in [-0.2, 0) is 27.1 Å². The van der Waals surface area contributed by atoms with Gasteiger partial charge in [0.05, 0.1) is 31.8 Å². The van der Waals surface area contributed by atoms with Crippen LogP contribution in [0.15, 0.2) is 18.6 Å². The predicted molar refractivity (Wildman–Crippen MR) is 150 cm³/mol. The highest BCUT2D eigenvalue weighted by atomic mass is 16.5. The largest absolute Gasteiger partial charge is 0.462 e. The minimum atomic E-state index is -0.404. The van der Waals surface area contributed by atoms with Gasteiger partial charge in [-0.3, -0.25) is 9.69 Å². The van der Waals surface area contributed by atoms with Gasteiger partial charge in [-0.25, -0.2) is 24.7 Å². The summed E-state index contributed by atoms with van der Waals surface area (Å²) in [5, 5.41) is 0. The summed E-state index contributed by atoms with van der Waals surface area (Å²) < 4.78 is 10.8. The number of rotatable bonds is 10. The van der Waals surface area contributed by atoms with E-state index >= 15 is 0 Å². The van der Waals surface area contributed by atoms with Gasteiger partial charge in [0.25, 0.3) is 0 Å². The Bertz CT molecular complexity index is 1130. The zero-order valence-corrected chi connectivity index (χ0v) is 23.5. The molecule has 216 valence electrons. The number of aryl methyl sites for hydroxylation is 2. The summed E-state index contributed by atoms with van der Waals surface area (Å²) in [6, 6.07) is 0. The second kappa shape index (κ2) is 13.8. The molecular weight excluding hydrogens is 512 g/mol. The summed E-state index contributed by atoms with van der Waals surface area (Å²) in [7, 11) is 0. The van der Waals surface area contributed by atoms with E-state index in [1.165, 1.54) is 36.5 Å². The lowest BCUT2D eigenvalue weighted by atomic mass is 9.98. The molecule has 0 radical (unpaired) electrons. The van der Waals surface area contributed by atoms with Gasteiger partial charge >= 0.3 is 5.97 Å². The second-order valence-electron chi connectivity index (χ2n) is 10.4. The maximum atomic E-state index is 12.7. The van der Waals surface area contributed by atoms with Crippen LogP contribution in [0, 0.1) is 0 Å². The number of carbonyl (C=O) groups excluding carboxylic acids is 2. The second-order valence-corrected chi connectivity index (χ2v) is 10.4. The van der Waals surface area contributed by atoms with Gasteiger partial charge in [-0.1, -0.05) is 0 Å². The molecule has 2 saturated heterocycles. The van der Waals surface area contributed by atoms with Crippen LogP contribution >= 0.6 is 0 Å². The Labute approximate surface area is 235 Å². The van der Waals surface area contributed by atoms with Crippen LogP contribution in [0.3, 0.4) is 0 Å². The van der Waals surface area contributed by atoms with E-state index in [0.29, 0.717) is 50.8 Å². The molecule has 1 amide bonds. The fourth-order valence-electron chi connectivity index (χ4n) is 5.36. The number of hydrogen-bond acceptors (Lipinski definition) is 11. The molecule has 0 N–H and O–H groups in total. The number of amides is 1. The smallest absolute Gasteiger partial charge is 0.341 e. The Kier molecular flexibility index (Phi) is 9.72. The van der Waals surface area contributed by atoms with Crippen LogP contribution in [0.5, 0.6) is 0 Å². The van der Waals surface area contributed by atoms with Crippen molar-refractivity contribution in [2.45, 2.75) is 39.0 Å². The van der Waals surface area contributed by atoms with Gasteiger partial charge in [0.1, 0.15) is 0 Å². The SMILES string of the molecule is CCOC(=O)c1cnc(N2CCN(CCOCCC(=O)N3CCN(c4ncc5c(n4)CCCC5)CC3)CC2)nc1. The Morgan fingerprint density at radius 3 is 2.25 bits per heavy atom. The van der Waals surface area contributed by atoms with Crippen molar-refractivity contribution in [1.29, 1.82) is 0 Å². The minimum Gasteiger partial charge on any atom is -0.462 e. The van der Waals surface area contributed by atoms with E-state index in [-0.39, 0.29) is 5.91 Å². The summed E-state index contributed by atoms with van der Waals surface area (Å²) in [6.07, 6.45) is 10.00. The summed E-state index contributed by atoms with van der Waals surface area (Å²) in [6.45, 7) is 10.2. The number of aromatic nitrogens is 4. The zero-order chi connectivity index (χ0) is 27.7. The van der Waals surface area contributed by atoms with Crippen LogP contribution in [-0.4, -0.2) is 120 Å². The number of nitrogens with zero attached hydrogens (tertiary/aromatic N) is 8. The lowest BCUT2D eigenvalue weighted by Gasteiger charge is -2.35. The molecule has 0 bridgehead atoms. The molecule has 0 saturated carbocycles. The van der Waals surface area contributed by atoms with Crippen molar-refractivity contribution in [1.82, 2.24) is 29.7 Å². The van der Waals surface area contributed by atoms with Crippen LogP contribution in [0.25, 0.3) is 0 Å². The summed E-state index contributed by atoms with van der Waals surface area (Å²) in [5.74, 6) is 1.17. The third kappa shape index (κ3) is 7.22. The topological polar surface area (TPSA) is 117 Å². The maximum absolute atomic E-state index is 12.7. The van der Waals surface area contributed by atoms with Gasteiger partial charge in [0, 0.05) is 83.2 Å². The number of fused-ring (bicyclic) bond motifs is 1. The molecule has 40 heavy (non-hydrogen) atoms. The average Bonchev–Trinajstić information content (AvgIpc) is 3.01. The molecule has 4 heterocycles. The van der Waals surface area contributed by atoms with Gasteiger partial charge in [-0.05, 0) is 38.2 Å². The van der Waals surface area contributed by atoms with Crippen molar-refractivity contribution in [3.8, 4) is 0 Å². The molecule has 1 aliphatic carbocycles. The highest BCUT2D eigenvalue weighted by molar-refractivity contribution is 5.88. The molecule has 0 unspecified atom stereocenters. The highest BCUT2D eigenvalue weighted by Gasteiger charge is 2.24. The molecule has 12 nitrogen and oxygen atoms in total. The van der Waals surface area contributed by atoms with Crippen LogP contribution in [0.2, 0.25) is 0 Å². The number of ether oxygens (including phenoxy) is 2.